The van der Waals surface area contributed by atoms with Gasteiger partial charge in [0.2, 0.25) is 0 Å². The SMILES string of the molecule is CCOC(=O)CC(O)C(O)c1cc(Cl)ccc1N. The van der Waals surface area contributed by atoms with Crippen molar-refractivity contribution in [1.82, 2.24) is 0 Å². The largest absolute Gasteiger partial charge is 0.466 e. The maximum absolute atomic E-state index is 11.2. The first-order valence-corrected chi connectivity index (χ1v) is 5.90. The Labute approximate surface area is 110 Å². The van der Waals surface area contributed by atoms with Gasteiger partial charge in [0.15, 0.2) is 0 Å². The first kappa shape index (κ1) is 14.8. The number of rotatable bonds is 5. The van der Waals surface area contributed by atoms with Crippen molar-refractivity contribution in [1.29, 1.82) is 0 Å². The first-order valence-electron chi connectivity index (χ1n) is 5.52. The molecule has 6 heteroatoms. The average molecular weight is 274 g/mol. The van der Waals surface area contributed by atoms with Gasteiger partial charge in [0.25, 0.3) is 0 Å². The summed E-state index contributed by atoms with van der Waals surface area (Å²) in [5, 5.41) is 20.0. The molecular formula is C12H16ClNO4. The lowest BCUT2D eigenvalue weighted by Crippen LogP contribution is -2.23. The van der Waals surface area contributed by atoms with Gasteiger partial charge in [0.05, 0.1) is 19.1 Å². The first-order chi connectivity index (χ1) is 8.45. The molecule has 100 valence electrons. The van der Waals surface area contributed by atoms with Gasteiger partial charge in [-0.15, -0.1) is 0 Å². The van der Waals surface area contributed by atoms with Crippen molar-refractivity contribution in [2.75, 3.05) is 12.3 Å². The van der Waals surface area contributed by atoms with Crippen LogP contribution in [-0.2, 0) is 9.53 Å². The molecule has 18 heavy (non-hydrogen) atoms. The molecule has 2 atom stereocenters. The van der Waals surface area contributed by atoms with E-state index in [9.17, 15) is 15.0 Å². The number of anilines is 1. The summed E-state index contributed by atoms with van der Waals surface area (Å²) in [6.07, 6.45) is -2.88. The lowest BCUT2D eigenvalue weighted by atomic mass is 10.0. The smallest absolute Gasteiger partial charge is 0.308 e. The van der Waals surface area contributed by atoms with E-state index in [1.54, 1.807) is 13.0 Å². The maximum Gasteiger partial charge on any atom is 0.308 e. The minimum atomic E-state index is -1.29. The number of esters is 1. The number of aliphatic hydroxyl groups excluding tert-OH is 2. The average Bonchev–Trinajstić information content (AvgIpc) is 2.31. The van der Waals surface area contributed by atoms with Gasteiger partial charge in [-0.25, -0.2) is 0 Å². The van der Waals surface area contributed by atoms with Crippen LogP contribution in [0.3, 0.4) is 0 Å². The molecule has 0 bridgehead atoms. The fraction of sp³-hybridized carbons (Fsp3) is 0.417. The van der Waals surface area contributed by atoms with Gasteiger partial charge in [-0.2, -0.15) is 0 Å². The third-order valence-corrected chi connectivity index (χ3v) is 2.65. The number of carbonyl (C=O) groups excluding carboxylic acids is 1. The highest BCUT2D eigenvalue weighted by molar-refractivity contribution is 6.30. The number of hydrogen-bond donors (Lipinski definition) is 3. The Morgan fingerprint density at radius 1 is 1.50 bits per heavy atom. The number of nitrogens with two attached hydrogens (primary N) is 1. The molecule has 0 heterocycles. The van der Waals surface area contributed by atoms with E-state index in [-0.39, 0.29) is 13.0 Å². The third kappa shape index (κ3) is 3.87. The van der Waals surface area contributed by atoms with E-state index in [1.165, 1.54) is 12.1 Å². The van der Waals surface area contributed by atoms with Crippen LogP contribution in [0, 0.1) is 0 Å². The molecule has 0 saturated heterocycles. The second-order valence-electron chi connectivity index (χ2n) is 3.79. The quantitative estimate of drug-likeness (QED) is 0.555. The van der Waals surface area contributed by atoms with Crippen molar-refractivity contribution in [2.45, 2.75) is 25.6 Å². The molecule has 0 spiro atoms. The van der Waals surface area contributed by atoms with E-state index >= 15 is 0 Å². The van der Waals surface area contributed by atoms with Crippen LogP contribution >= 0.6 is 11.6 Å². The molecule has 0 aromatic heterocycles. The zero-order valence-electron chi connectivity index (χ0n) is 9.97. The monoisotopic (exact) mass is 273 g/mol. The predicted octanol–water partition coefficient (Wildman–Crippen LogP) is 1.27. The topological polar surface area (TPSA) is 92.8 Å². The number of halogens is 1. The Bertz CT molecular complexity index is 425. The van der Waals surface area contributed by atoms with Crippen LogP contribution in [0.2, 0.25) is 5.02 Å². The molecule has 0 aliphatic heterocycles. The molecule has 0 fully saturated rings. The fourth-order valence-electron chi connectivity index (χ4n) is 1.51. The molecule has 1 rings (SSSR count). The summed E-state index contributed by atoms with van der Waals surface area (Å²) >= 11 is 5.78. The summed E-state index contributed by atoms with van der Waals surface area (Å²) in [6, 6.07) is 4.55. The van der Waals surface area contributed by atoms with Crippen LogP contribution in [-0.4, -0.2) is 28.9 Å². The summed E-state index contributed by atoms with van der Waals surface area (Å²) in [7, 11) is 0. The van der Waals surface area contributed by atoms with Crippen molar-refractivity contribution >= 4 is 23.3 Å². The lowest BCUT2D eigenvalue weighted by molar-refractivity contribution is -0.147. The number of hydrogen-bond acceptors (Lipinski definition) is 5. The van der Waals surface area contributed by atoms with Crippen molar-refractivity contribution in [2.24, 2.45) is 0 Å². The number of aliphatic hydroxyl groups is 2. The van der Waals surface area contributed by atoms with Gasteiger partial charge in [-0.1, -0.05) is 11.6 Å². The molecule has 4 N–H and O–H groups in total. The summed E-state index contributed by atoms with van der Waals surface area (Å²) in [5.74, 6) is -0.579. The Morgan fingerprint density at radius 2 is 2.17 bits per heavy atom. The second-order valence-corrected chi connectivity index (χ2v) is 4.23. The van der Waals surface area contributed by atoms with Gasteiger partial charge in [0, 0.05) is 16.3 Å². The van der Waals surface area contributed by atoms with Crippen molar-refractivity contribution in [3.05, 3.63) is 28.8 Å². The van der Waals surface area contributed by atoms with E-state index in [4.69, 9.17) is 17.3 Å². The van der Waals surface area contributed by atoms with Crippen LogP contribution < -0.4 is 5.73 Å². The highest BCUT2D eigenvalue weighted by Crippen LogP contribution is 2.27. The Balaban J connectivity index is 2.76. The molecule has 2 unspecified atom stereocenters. The van der Waals surface area contributed by atoms with Crippen LogP contribution in [0.4, 0.5) is 5.69 Å². The zero-order chi connectivity index (χ0) is 13.7. The third-order valence-electron chi connectivity index (χ3n) is 2.41. The molecule has 0 amide bonds. The summed E-state index contributed by atoms with van der Waals surface area (Å²) in [4.78, 5) is 11.2. The minimum absolute atomic E-state index is 0.223. The molecule has 1 aromatic rings. The van der Waals surface area contributed by atoms with Crippen LogP contribution in [0.25, 0.3) is 0 Å². The van der Waals surface area contributed by atoms with Gasteiger partial charge >= 0.3 is 5.97 Å². The van der Waals surface area contributed by atoms with Gasteiger partial charge < -0.3 is 20.7 Å². The molecule has 0 aliphatic rings. The van der Waals surface area contributed by atoms with Crippen molar-refractivity contribution < 1.29 is 19.7 Å². The molecule has 5 nitrogen and oxygen atoms in total. The van der Waals surface area contributed by atoms with E-state index in [1.807, 2.05) is 0 Å². The van der Waals surface area contributed by atoms with E-state index in [2.05, 4.69) is 4.74 Å². The lowest BCUT2D eigenvalue weighted by Gasteiger charge is -2.19. The van der Waals surface area contributed by atoms with E-state index in [0.29, 0.717) is 16.3 Å². The van der Waals surface area contributed by atoms with E-state index in [0.717, 1.165) is 0 Å². The molecule has 0 saturated carbocycles. The number of ether oxygens (including phenoxy) is 1. The maximum atomic E-state index is 11.2. The number of carbonyl (C=O) groups is 1. The summed E-state index contributed by atoms with van der Waals surface area (Å²) < 4.78 is 4.69. The summed E-state index contributed by atoms with van der Waals surface area (Å²) in [6.45, 7) is 1.89. The molecule has 0 aliphatic carbocycles. The molecule has 1 aromatic carbocycles. The van der Waals surface area contributed by atoms with Gasteiger partial charge in [-0.05, 0) is 25.1 Å². The van der Waals surface area contributed by atoms with Gasteiger partial charge in [-0.3, -0.25) is 4.79 Å². The molecular weight excluding hydrogens is 258 g/mol. The van der Waals surface area contributed by atoms with E-state index < -0.39 is 18.2 Å². The normalized spacial score (nSPS) is 14.0. The molecule has 0 radical (unpaired) electrons. The Hall–Kier alpha value is -1.30. The van der Waals surface area contributed by atoms with Gasteiger partial charge in [0.1, 0.15) is 6.10 Å². The number of nitrogen functional groups attached to an aromatic ring is 1. The van der Waals surface area contributed by atoms with Crippen LogP contribution in [0.15, 0.2) is 18.2 Å². The predicted molar refractivity (Wildman–Crippen MR) is 68.1 cm³/mol. The standard InChI is InChI=1S/C12H16ClNO4/c1-2-18-11(16)6-10(15)12(17)8-5-7(13)3-4-9(8)14/h3-5,10,12,15,17H,2,6,14H2,1H3. The Kier molecular flexibility index (Phi) is 5.40. The van der Waals surface area contributed by atoms with Crippen molar-refractivity contribution in [3.63, 3.8) is 0 Å². The zero-order valence-corrected chi connectivity index (χ0v) is 10.7. The minimum Gasteiger partial charge on any atom is -0.466 e. The summed E-state index contributed by atoms with van der Waals surface area (Å²) in [5.41, 5.74) is 6.26. The number of benzene rings is 1. The second kappa shape index (κ2) is 6.58. The van der Waals surface area contributed by atoms with Crippen LogP contribution in [0.1, 0.15) is 25.0 Å². The Morgan fingerprint density at radius 3 is 2.78 bits per heavy atom. The highest BCUT2D eigenvalue weighted by Gasteiger charge is 2.23. The highest BCUT2D eigenvalue weighted by atomic mass is 35.5. The fourth-order valence-corrected chi connectivity index (χ4v) is 1.69. The van der Waals surface area contributed by atoms with Crippen molar-refractivity contribution in [3.8, 4) is 0 Å². The van der Waals surface area contributed by atoms with Crippen LogP contribution in [0.5, 0.6) is 0 Å².